The molecule has 1 rings (SSSR count). The molecule has 0 heterocycles. The smallest absolute Gasteiger partial charge is 0.191 e. The van der Waals surface area contributed by atoms with Crippen molar-refractivity contribution in [2.45, 2.75) is 32.6 Å². The molecule has 0 aromatic heterocycles. The Morgan fingerprint density at radius 3 is 2.62 bits per heavy atom. The summed E-state index contributed by atoms with van der Waals surface area (Å²) in [4.78, 5) is 4.70. The number of aliphatic imine (C=N–C) groups is 1. The van der Waals surface area contributed by atoms with Gasteiger partial charge in [-0.25, -0.2) is 0 Å². The fraction of sp³-hybridized carbons (Fsp3) is 0.588. The van der Waals surface area contributed by atoms with Gasteiger partial charge in [0.1, 0.15) is 0 Å². The summed E-state index contributed by atoms with van der Waals surface area (Å²) in [5.41, 5.74) is 1.34. The van der Waals surface area contributed by atoms with Gasteiger partial charge in [-0.05, 0) is 37.3 Å². The highest BCUT2D eigenvalue weighted by atomic mass is 32.2. The number of nitrogens with zero attached hydrogens (tertiary/aromatic N) is 1. The number of nitrogens with one attached hydrogen (secondary N) is 2. The Morgan fingerprint density at radius 2 is 1.95 bits per heavy atom. The Bertz CT molecular complexity index is 392. The molecule has 0 radical (unpaired) electrons. The Balaban J connectivity index is 2.40. The summed E-state index contributed by atoms with van der Waals surface area (Å²) in [6, 6.07) is 10.6. The molecule has 1 atom stereocenters. The summed E-state index contributed by atoms with van der Waals surface area (Å²) < 4.78 is 0. The monoisotopic (exact) mass is 307 g/mol. The average Bonchev–Trinajstić information content (AvgIpc) is 2.52. The van der Waals surface area contributed by atoms with Crippen molar-refractivity contribution in [3.05, 3.63) is 35.9 Å². The molecule has 0 aliphatic carbocycles. The van der Waals surface area contributed by atoms with Gasteiger partial charge in [0, 0.05) is 25.6 Å². The first kappa shape index (κ1) is 17.9. The molecule has 0 aliphatic rings. The lowest BCUT2D eigenvalue weighted by Crippen LogP contribution is -2.38. The first-order valence-corrected chi connectivity index (χ1v) is 9.23. The first-order chi connectivity index (χ1) is 10.3. The predicted molar refractivity (Wildman–Crippen MR) is 96.5 cm³/mol. The lowest BCUT2D eigenvalue weighted by atomic mass is 10.0. The zero-order chi connectivity index (χ0) is 15.3. The van der Waals surface area contributed by atoms with Crippen LogP contribution in [0, 0.1) is 0 Å². The molecule has 0 fully saturated rings. The second-order valence-electron chi connectivity index (χ2n) is 5.16. The molecule has 1 aromatic rings. The van der Waals surface area contributed by atoms with Crippen LogP contribution in [0.5, 0.6) is 0 Å². The Labute approximate surface area is 134 Å². The number of hydrogen-bond donors (Lipinski definition) is 2. The fourth-order valence-electron chi connectivity index (χ4n) is 2.04. The van der Waals surface area contributed by atoms with Gasteiger partial charge in [0.15, 0.2) is 5.96 Å². The molecule has 3 nitrogen and oxygen atoms in total. The van der Waals surface area contributed by atoms with Gasteiger partial charge in [0.05, 0.1) is 0 Å². The minimum absolute atomic E-state index is 0.443. The minimum atomic E-state index is 0.443. The SMILES string of the molecule is CCNC(=NCC(C)c1ccccc1)NCCCCSC. The summed E-state index contributed by atoms with van der Waals surface area (Å²) in [7, 11) is 0. The molecule has 0 saturated heterocycles. The van der Waals surface area contributed by atoms with Crippen molar-refractivity contribution >= 4 is 17.7 Å². The molecule has 1 unspecified atom stereocenters. The third-order valence-corrected chi connectivity index (χ3v) is 4.00. The van der Waals surface area contributed by atoms with Crippen molar-refractivity contribution in [2.24, 2.45) is 4.99 Å². The Morgan fingerprint density at radius 1 is 1.19 bits per heavy atom. The maximum absolute atomic E-state index is 4.70. The Kier molecular flexibility index (Phi) is 9.79. The van der Waals surface area contributed by atoms with Crippen molar-refractivity contribution in [3.8, 4) is 0 Å². The van der Waals surface area contributed by atoms with E-state index < -0.39 is 0 Å². The quantitative estimate of drug-likeness (QED) is 0.416. The van der Waals surface area contributed by atoms with E-state index in [0.717, 1.165) is 25.6 Å². The Hall–Kier alpha value is -1.16. The molecule has 1 aromatic carbocycles. The van der Waals surface area contributed by atoms with E-state index in [2.05, 4.69) is 61.1 Å². The number of benzene rings is 1. The van der Waals surface area contributed by atoms with E-state index in [1.54, 1.807) is 0 Å². The van der Waals surface area contributed by atoms with Gasteiger partial charge in [-0.15, -0.1) is 0 Å². The zero-order valence-electron chi connectivity index (χ0n) is 13.6. The highest BCUT2D eigenvalue weighted by molar-refractivity contribution is 7.98. The van der Waals surface area contributed by atoms with Crippen LogP contribution in [0.15, 0.2) is 35.3 Å². The third kappa shape index (κ3) is 8.00. The molecule has 0 amide bonds. The summed E-state index contributed by atoms with van der Waals surface area (Å²) in [5, 5.41) is 6.73. The van der Waals surface area contributed by atoms with Crippen molar-refractivity contribution in [2.75, 3.05) is 31.6 Å². The molecule has 0 spiro atoms. The van der Waals surface area contributed by atoms with E-state index in [4.69, 9.17) is 4.99 Å². The minimum Gasteiger partial charge on any atom is -0.357 e. The van der Waals surface area contributed by atoms with Gasteiger partial charge in [-0.2, -0.15) is 11.8 Å². The molecule has 0 bridgehead atoms. The van der Waals surface area contributed by atoms with Gasteiger partial charge < -0.3 is 10.6 Å². The highest BCUT2D eigenvalue weighted by Crippen LogP contribution is 2.14. The molecule has 21 heavy (non-hydrogen) atoms. The third-order valence-electron chi connectivity index (χ3n) is 3.30. The lowest BCUT2D eigenvalue weighted by molar-refractivity contribution is 0.719. The van der Waals surface area contributed by atoms with Crippen molar-refractivity contribution in [1.82, 2.24) is 10.6 Å². The molecular weight excluding hydrogens is 278 g/mol. The number of thioether (sulfide) groups is 1. The standard InChI is InChI=1S/C17H29N3S/c1-4-18-17(19-12-8-9-13-21-3)20-14-15(2)16-10-6-5-7-11-16/h5-7,10-11,15H,4,8-9,12-14H2,1-3H3,(H2,18,19,20). The van der Waals surface area contributed by atoms with E-state index in [-0.39, 0.29) is 0 Å². The van der Waals surface area contributed by atoms with Crippen molar-refractivity contribution < 1.29 is 0 Å². The van der Waals surface area contributed by atoms with E-state index in [1.807, 2.05) is 11.8 Å². The van der Waals surface area contributed by atoms with Crippen LogP contribution in [0.2, 0.25) is 0 Å². The molecule has 4 heteroatoms. The highest BCUT2D eigenvalue weighted by Gasteiger charge is 2.04. The van der Waals surface area contributed by atoms with Gasteiger partial charge in [-0.1, -0.05) is 37.3 Å². The predicted octanol–water partition coefficient (Wildman–Crippen LogP) is 3.49. The van der Waals surface area contributed by atoms with Crippen LogP contribution in [0.4, 0.5) is 0 Å². The van der Waals surface area contributed by atoms with Crippen molar-refractivity contribution in [3.63, 3.8) is 0 Å². The van der Waals surface area contributed by atoms with Gasteiger partial charge in [0.25, 0.3) is 0 Å². The van der Waals surface area contributed by atoms with Crippen LogP contribution >= 0.6 is 11.8 Å². The van der Waals surface area contributed by atoms with Crippen LogP contribution < -0.4 is 10.6 Å². The van der Waals surface area contributed by atoms with Gasteiger partial charge in [0.2, 0.25) is 0 Å². The van der Waals surface area contributed by atoms with Crippen LogP contribution in [-0.2, 0) is 0 Å². The van der Waals surface area contributed by atoms with Crippen LogP contribution in [-0.4, -0.2) is 37.6 Å². The summed E-state index contributed by atoms with van der Waals surface area (Å²) in [6.07, 6.45) is 4.61. The molecule has 2 N–H and O–H groups in total. The van der Waals surface area contributed by atoms with Crippen LogP contribution in [0.1, 0.15) is 38.2 Å². The average molecular weight is 308 g/mol. The maximum atomic E-state index is 4.70. The van der Waals surface area contributed by atoms with E-state index in [0.29, 0.717) is 5.92 Å². The molecule has 0 saturated carbocycles. The van der Waals surface area contributed by atoms with E-state index in [1.165, 1.54) is 24.2 Å². The molecule has 118 valence electrons. The van der Waals surface area contributed by atoms with E-state index >= 15 is 0 Å². The molecular formula is C17H29N3S. The second-order valence-corrected chi connectivity index (χ2v) is 6.14. The number of unbranched alkanes of at least 4 members (excludes halogenated alkanes) is 1. The number of rotatable bonds is 9. The second kappa shape index (κ2) is 11.5. The van der Waals surface area contributed by atoms with Gasteiger partial charge in [-0.3, -0.25) is 4.99 Å². The largest absolute Gasteiger partial charge is 0.357 e. The fourth-order valence-corrected chi connectivity index (χ4v) is 2.53. The first-order valence-electron chi connectivity index (χ1n) is 7.84. The van der Waals surface area contributed by atoms with Crippen molar-refractivity contribution in [1.29, 1.82) is 0 Å². The van der Waals surface area contributed by atoms with Crippen LogP contribution in [0.3, 0.4) is 0 Å². The normalized spacial score (nSPS) is 13.0. The maximum Gasteiger partial charge on any atom is 0.191 e. The number of guanidine groups is 1. The summed E-state index contributed by atoms with van der Waals surface area (Å²) in [6.45, 7) is 7.03. The summed E-state index contributed by atoms with van der Waals surface area (Å²) in [5.74, 6) is 2.61. The van der Waals surface area contributed by atoms with Gasteiger partial charge >= 0.3 is 0 Å². The summed E-state index contributed by atoms with van der Waals surface area (Å²) >= 11 is 1.91. The lowest BCUT2D eigenvalue weighted by Gasteiger charge is -2.13. The zero-order valence-corrected chi connectivity index (χ0v) is 14.4. The number of hydrogen-bond acceptors (Lipinski definition) is 2. The van der Waals surface area contributed by atoms with E-state index in [9.17, 15) is 0 Å². The topological polar surface area (TPSA) is 36.4 Å². The van der Waals surface area contributed by atoms with Crippen LogP contribution in [0.25, 0.3) is 0 Å². The molecule has 0 aliphatic heterocycles.